The molecule has 0 saturated carbocycles. The molecule has 0 aliphatic rings. The van der Waals surface area contributed by atoms with E-state index in [2.05, 4.69) is 10.2 Å². The molecular formula is C12H16ClF2N5O2S. The van der Waals surface area contributed by atoms with Gasteiger partial charge in [0.25, 0.3) is 0 Å². The van der Waals surface area contributed by atoms with Crippen LogP contribution in [0.3, 0.4) is 0 Å². The van der Waals surface area contributed by atoms with Crippen molar-refractivity contribution in [2.24, 2.45) is 0 Å². The number of nitrogens with zero attached hydrogens (tertiary/aromatic N) is 5. The fourth-order valence-corrected chi connectivity index (χ4v) is 3.58. The van der Waals surface area contributed by atoms with Gasteiger partial charge in [0.2, 0.25) is 10.0 Å². The average molecular weight is 368 g/mol. The van der Waals surface area contributed by atoms with Crippen LogP contribution in [0.4, 0.5) is 8.78 Å². The van der Waals surface area contributed by atoms with Crippen molar-refractivity contribution in [1.82, 2.24) is 23.9 Å². The van der Waals surface area contributed by atoms with Crippen molar-refractivity contribution in [3.05, 3.63) is 28.8 Å². The number of sulfonamides is 1. The molecule has 2 aromatic heterocycles. The highest BCUT2D eigenvalue weighted by atomic mass is 35.5. The number of aryl methyl sites for hydroxylation is 2. The van der Waals surface area contributed by atoms with Crippen LogP contribution in [0, 0.1) is 6.92 Å². The van der Waals surface area contributed by atoms with Crippen LogP contribution in [-0.4, -0.2) is 39.3 Å². The van der Waals surface area contributed by atoms with Crippen LogP contribution < -0.4 is 0 Å². The Morgan fingerprint density at radius 3 is 2.61 bits per heavy atom. The lowest BCUT2D eigenvalue weighted by atomic mass is 10.4. The van der Waals surface area contributed by atoms with Gasteiger partial charge in [0, 0.05) is 13.6 Å². The van der Waals surface area contributed by atoms with Crippen molar-refractivity contribution < 1.29 is 17.2 Å². The Kier molecular flexibility index (Phi) is 5.07. The molecule has 0 unspecified atom stereocenters. The van der Waals surface area contributed by atoms with E-state index in [-0.39, 0.29) is 17.1 Å². The van der Waals surface area contributed by atoms with Crippen LogP contribution in [0.5, 0.6) is 0 Å². The highest BCUT2D eigenvalue weighted by Crippen LogP contribution is 2.24. The standard InChI is InChI=1S/C12H16ClF2N5O2S/c1-4-19-10(9(13)5-16-19)6-18(3)23(21,22)11-7-20(12(14)15)17-8(11)2/h5,7,12H,4,6H2,1-3H3. The smallest absolute Gasteiger partial charge is 0.267 e. The largest absolute Gasteiger partial charge is 0.333 e. The molecular weight excluding hydrogens is 352 g/mol. The first kappa shape index (κ1) is 17.8. The molecule has 0 aliphatic heterocycles. The molecule has 0 fully saturated rings. The van der Waals surface area contributed by atoms with Gasteiger partial charge in [0.05, 0.1) is 35.3 Å². The van der Waals surface area contributed by atoms with Crippen molar-refractivity contribution in [3.8, 4) is 0 Å². The molecule has 0 aromatic carbocycles. The third-order valence-electron chi connectivity index (χ3n) is 3.33. The van der Waals surface area contributed by atoms with E-state index in [4.69, 9.17) is 11.6 Å². The molecule has 128 valence electrons. The predicted molar refractivity (Wildman–Crippen MR) is 79.8 cm³/mol. The minimum atomic E-state index is -3.98. The van der Waals surface area contributed by atoms with Gasteiger partial charge in [-0.2, -0.15) is 23.3 Å². The van der Waals surface area contributed by atoms with E-state index in [1.165, 1.54) is 20.2 Å². The molecule has 0 saturated heterocycles. The van der Waals surface area contributed by atoms with Crippen molar-refractivity contribution >= 4 is 21.6 Å². The van der Waals surface area contributed by atoms with Gasteiger partial charge in [0.1, 0.15) is 4.90 Å². The third-order valence-corrected chi connectivity index (χ3v) is 5.55. The lowest BCUT2D eigenvalue weighted by Crippen LogP contribution is -2.28. The normalized spacial score (nSPS) is 12.5. The number of hydrogen-bond acceptors (Lipinski definition) is 4. The molecule has 0 radical (unpaired) electrons. The Morgan fingerprint density at radius 1 is 1.43 bits per heavy atom. The van der Waals surface area contributed by atoms with Crippen LogP contribution in [0.1, 0.15) is 24.9 Å². The molecule has 2 heterocycles. The van der Waals surface area contributed by atoms with E-state index >= 15 is 0 Å². The molecule has 2 rings (SSSR count). The minimum Gasteiger partial charge on any atom is -0.267 e. The van der Waals surface area contributed by atoms with Crippen LogP contribution in [-0.2, 0) is 23.1 Å². The van der Waals surface area contributed by atoms with Crippen LogP contribution in [0.15, 0.2) is 17.3 Å². The number of halogens is 3. The van der Waals surface area contributed by atoms with Crippen LogP contribution in [0.25, 0.3) is 0 Å². The topological polar surface area (TPSA) is 73.0 Å². The summed E-state index contributed by atoms with van der Waals surface area (Å²) in [6.07, 6.45) is 2.26. The monoisotopic (exact) mass is 367 g/mol. The maximum Gasteiger partial charge on any atom is 0.333 e. The lowest BCUT2D eigenvalue weighted by Gasteiger charge is -2.17. The molecule has 0 aliphatic carbocycles. The maximum atomic E-state index is 12.7. The van der Waals surface area contributed by atoms with Crippen molar-refractivity contribution in [2.45, 2.75) is 38.4 Å². The second kappa shape index (κ2) is 6.54. The minimum absolute atomic E-state index is 0.00671. The highest BCUT2D eigenvalue weighted by molar-refractivity contribution is 7.89. The molecule has 2 aromatic rings. The maximum absolute atomic E-state index is 12.7. The van der Waals surface area contributed by atoms with Gasteiger partial charge in [-0.1, -0.05) is 11.6 Å². The highest BCUT2D eigenvalue weighted by Gasteiger charge is 2.28. The molecule has 0 N–H and O–H groups in total. The van der Waals surface area contributed by atoms with Crippen LogP contribution >= 0.6 is 11.6 Å². The number of rotatable bonds is 6. The third kappa shape index (κ3) is 3.38. The summed E-state index contributed by atoms with van der Waals surface area (Å²) in [7, 11) is -2.64. The predicted octanol–water partition coefficient (Wildman–Crippen LogP) is 2.28. The van der Waals surface area contributed by atoms with Gasteiger partial charge in [0.15, 0.2) is 0 Å². The van der Waals surface area contributed by atoms with Crippen molar-refractivity contribution in [3.63, 3.8) is 0 Å². The zero-order valence-electron chi connectivity index (χ0n) is 12.7. The van der Waals surface area contributed by atoms with E-state index in [1.54, 1.807) is 4.68 Å². The van der Waals surface area contributed by atoms with E-state index in [0.717, 1.165) is 10.5 Å². The van der Waals surface area contributed by atoms with E-state index in [1.807, 2.05) is 6.92 Å². The second-order valence-electron chi connectivity index (χ2n) is 4.85. The van der Waals surface area contributed by atoms with Gasteiger partial charge in [-0.05, 0) is 13.8 Å². The van der Waals surface area contributed by atoms with Gasteiger partial charge in [-0.25, -0.2) is 13.1 Å². The summed E-state index contributed by atoms with van der Waals surface area (Å²) in [6.45, 7) is 0.798. The molecule has 23 heavy (non-hydrogen) atoms. The lowest BCUT2D eigenvalue weighted by molar-refractivity contribution is 0.0561. The molecule has 7 nitrogen and oxygen atoms in total. The summed E-state index contributed by atoms with van der Waals surface area (Å²) < 4.78 is 53.4. The van der Waals surface area contributed by atoms with Gasteiger partial charge in [-0.15, -0.1) is 0 Å². The van der Waals surface area contributed by atoms with E-state index in [9.17, 15) is 17.2 Å². The van der Waals surface area contributed by atoms with Crippen molar-refractivity contribution in [2.75, 3.05) is 7.05 Å². The van der Waals surface area contributed by atoms with E-state index < -0.39 is 16.6 Å². The zero-order chi connectivity index (χ0) is 17.4. The number of hydrogen-bond donors (Lipinski definition) is 0. The summed E-state index contributed by atoms with van der Waals surface area (Å²) in [4.78, 5) is -0.265. The molecule has 0 atom stereocenters. The quantitative estimate of drug-likeness (QED) is 0.785. The molecule has 11 heteroatoms. The summed E-state index contributed by atoms with van der Waals surface area (Å²) in [5, 5.41) is 7.90. The Bertz CT molecular complexity index is 802. The summed E-state index contributed by atoms with van der Waals surface area (Å²) >= 11 is 6.02. The molecule has 0 amide bonds. The van der Waals surface area contributed by atoms with Crippen molar-refractivity contribution in [1.29, 1.82) is 0 Å². The van der Waals surface area contributed by atoms with E-state index in [0.29, 0.717) is 21.9 Å². The molecule has 0 spiro atoms. The fraction of sp³-hybridized carbons (Fsp3) is 0.500. The Hall–Kier alpha value is -1.52. The Labute approximate surface area is 137 Å². The number of alkyl halides is 2. The first-order valence-corrected chi connectivity index (χ1v) is 8.50. The average Bonchev–Trinajstić information content (AvgIpc) is 3.03. The zero-order valence-corrected chi connectivity index (χ0v) is 14.3. The Morgan fingerprint density at radius 2 is 2.09 bits per heavy atom. The van der Waals surface area contributed by atoms with Gasteiger partial charge in [-0.3, -0.25) is 4.68 Å². The van der Waals surface area contributed by atoms with Crippen LogP contribution in [0.2, 0.25) is 5.02 Å². The van der Waals surface area contributed by atoms with Gasteiger partial charge < -0.3 is 0 Å². The first-order chi connectivity index (χ1) is 10.7. The second-order valence-corrected chi connectivity index (χ2v) is 7.27. The number of aromatic nitrogens is 4. The fourth-order valence-electron chi connectivity index (χ4n) is 2.10. The SMILES string of the molecule is CCn1ncc(Cl)c1CN(C)S(=O)(=O)c1cn(C(F)F)nc1C. The summed E-state index contributed by atoms with van der Waals surface area (Å²) in [6, 6.07) is 0. The molecule has 0 bridgehead atoms. The summed E-state index contributed by atoms with van der Waals surface area (Å²) in [5.74, 6) is 0. The van der Waals surface area contributed by atoms with Gasteiger partial charge >= 0.3 is 6.55 Å². The summed E-state index contributed by atoms with van der Waals surface area (Å²) in [5.41, 5.74) is 0.534. The Balaban J connectivity index is 2.34. The first-order valence-electron chi connectivity index (χ1n) is 6.68.